The Hall–Kier alpha value is -1.46. The van der Waals surface area contributed by atoms with E-state index in [1.165, 1.54) is 12.1 Å². The zero-order valence-corrected chi connectivity index (χ0v) is 10.4. The molecule has 5 heteroatoms. The maximum Gasteiger partial charge on any atom is 0.123 e. The van der Waals surface area contributed by atoms with Gasteiger partial charge in [0.05, 0.1) is 6.61 Å². The van der Waals surface area contributed by atoms with Gasteiger partial charge in [-0.15, -0.1) is 0 Å². The lowest BCUT2D eigenvalue weighted by Gasteiger charge is -2.23. The normalized spacial score (nSPS) is 19.4. The van der Waals surface area contributed by atoms with Crippen LogP contribution < -0.4 is 5.73 Å². The topological polar surface area (TPSA) is 62.3 Å². The van der Waals surface area contributed by atoms with Crippen molar-refractivity contribution in [2.75, 3.05) is 20.3 Å². The van der Waals surface area contributed by atoms with Crippen LogP contribution in [0, 0.1) is 11.2 Å². The van der Waals surface area contributed by atoms with Gasteiger partial charge in [0.2, 0.25) is 0 Å². The van der Waals surface area contributed by atoms with E-state index in [0.29, 0.717) is 18.2 Å². The van der Waals surface area contributed by atoms with Crippen molar-refractivity contribution in [3.8, 4) is 0 Å². The summed E-state index contributed by atoms with van der Waals surface area (Å²) in [7, 11) is 2.01. The molecule has 2 rings (SSSR count). The summed E-state index contributed by atoms with van der Waals surface area (Å²) in [5, 5.41) is 7.49. The smallest absolute Gasteiger partial charge is 0.123 e. The van der Waals surface area contributed by atoms with E-state index < -0.39 is 0 Å². The summed E-state index contributed by atoms with van der Waals surface area (Å²) in [5.41, 5.74) is 6.83. The molecule has 0 spiro atoms. The Bertz CT molecular complexity index is 444. The molecule has 98 valence electrons. The maximum absolute atomic E-state index is 13.2. The third kappa shape index (κ3) is 2.86. The molecule has 18 heavy (non-hydrogen) atoms. The molecule has 4 nitrogen and oxygen atoms in total. The van der Waals surface area contributed by atoms with E-state index in [0.717, 1.165) is 25.2 Å². The molecule has 1 aliphatic heterocycles. The summed E-state index contributed by atoms with van der Waals surface area (Å²) in [6, 6.07) is 4.80. The fourth-order valence-corrected chi connectivity index (χ4v) is 2.20. The number of nitrogen functional groups attached to an aromatic ring is 1. The predicted molar refractivity (Wildman–Crippen MR) is 68.1 cm³/mol. The molecular formula is C13H18FN3O. The summed E-state index contributed by atoms with van der Waals surface area (Å²) in [4.78, 5) is 2.16. The van der Waals surface area contributed by atoms with E-state index >= 15 is 0 Å². The Balaban J connectivity index is 2.15. The number of nitrogens with zero attached hydrogens (tertiary/aromatic N) is 1. The van der Waals surface area contributed by atoms with Crippen molar-refractivity contribution < 1.29 is 9.13 Å². The van der Waals surface area contributed by atoms with Crippen molar-refractivity contribution in [1.82, 2.24) is 4.90 Å². The van der Waals surface area contributed by atoms with Gasteiger partial charge in [-0.05, 0) is 31.2 Å². The summed E-state index contributed by atoms with van der Waals surface area (Å²) in [5.74, 6) is -0.462. The molecule has 1 unspecified atom stereocenters. The van der Waals surface area contributed by atoms with Gasteiger partial charge in [-0.25, -0.2) is 4.39 Å². The molecule has 1 heterocycles. The summed E-state index contributed by atoms with van der Waals surface area (Å²) in [6.45, 7) is 2.16. The van der Waals surface area contributed by atoms with Gasteiger partial charge in [0.25, 0.3) is 0 Å². The van der Waals surface area contributed by atoms with Crippen LogP contribution in [-0.2, 0) is 11.3 Å². The first-order valence-electron chi connectivity index (χ1n) is 5.98. The molecule has 0 aromatic heterocycles. The minimum atomic E-state index is -0.365. The highest BCUT2D eigenvalue weighted by Crippen LogP contribution is 2.17. The molecule has 0 aliphatic carbocycles. The quantitative estimate of drug-likeness (QED) is 0.627. The molecule has 0 bridgehead atoms. The minimum absolute atomic E-state index is 0.0967. The van der Waals surface area contributed by atoms with Gasteiger partial charge < -0.3 is 10.5 Å². The second-order valence-corrected chi connectivity index (χ2v) is 4.65. The van der Waals surface area contributed by atoms with Gasteiger partial charge in [0.15, 0.2) is 0 Å². The Morgan fingerprint density at radius 3 is 3.00 bits per heavy atom. The van der Waals surface area contributed by atoms with Gasteiger partial charge in [-0.2, -0.15) is 0 Å². The number of likely N-dealkylation sites (N-methyl/N-ethyl adjacent to an activating group) is 1. The molecule has 0 radical (unpaired) electrons. The number of ether oxygens (including phenoxy) is 1. The molecule has 0 amide bonds. The minimum Gasteiger partial charge on any atom is -0.384 e. The fraction of sp³-hybridized carbons (Fsp3) is 0.462. The van der Waals surface area contributed by atoms with E-state index in [-0.39, 0.29) is 11.7 Å². The molecule has 1 fully saturated rings. The second kappa shape index (κ2) is 5.46. The van der Waals surface area contributed by atoms with Crippen molar-refractivity contribution >= 4 is 5.84 Å². The number of benzene rings is 1. The number of amidine groups is 1. The predicted octanol–water partition coefficient (Wildman–Crippen LogP) is 1.33. The Labute approximate surface area is 106 Å². The highest BCUT2D eigenvalue weighted by Gasteiger charge is 2.21. The molecule has 1 aliphatic rings. The lowest BCUT2D eigenvalue weighted by molar-refractivity contribution is 0.156. The van der Waals surface area contributed by atoms with Gasteiger partial charge >= 0.3 is 0 Å². The molecular weight excluding hydrogens is 233 g/mol. The van der Waals surface area contributed by atoms with E-state index in [9.17, 15) is 4.39 Å². The van der Waals surface area contributed by atoms with E-state index in [2.05, 4.69) is 4.90 Å². The summed E-state index contributed by atoms with van der Waals surface area (Å²) >= 11 is 0. The first-order chi connectivity index (χ1) is 8.58. The number of halogens is 1. The largest absolute Gasteiger partial charge is 0.384 e. The monoisotopic (exact) mass is 251 g/mol. The Morgan fingerprint density at radius 1 is 1.61 bits per heavy atom. The van der Waals surface area contributed by atoms with Gasteiger partial charge in [0.1, 0.15) is 11.7 Å². The highest BCUT2D eigenvalue weighted by atomic mass is 19.1. The van der Waals surface area contributed by atoms with Crippen LogP contribution in [0.15, 0.2) is 18.2 Å². The van der Waals surface area contributed by atoms with Gasteiger partial charge in [0, 0.05) is 24.8 Å². The zero-order valence-electron chi connectivity index (χ0n) is 10.4. The standard InChI is InChI=1S/C13H18FN3O/c1-17(11-4-5-18-8-11)7-9-2-3-10(14)6-12(9)13(15)16/h2-3,6,11H,4-5,7-8H2,1H3,(H3,15,16). The lowest BCUT2D eigenvalue weighted by Crippen LogP contribution is -2.32. The van der Waals surface area contributed by atoms with Crippen LogP contribution in [0.3, 0.4) is 0 Å². The third-order valence-electron chi connectivity index (χ3n) is 3.31. The number of hydrogen-bond acceptors (Lipinski definition) is 3. The van der Waals surface area contributed by atoms with Crippen LogP contribution in [-0.4, -0.2) is 37.0 Å². The van der Waals surface area contributed by atoms with Crippen molar-refractivity contribution in [3.05, 3.63) is 35.1 Å². The molecule has 0 saturated carbocycles. The first kappa shape index (κ1) is 13.0. The van der Waals surface area contributed by atoms with Crippen molar-refractivity contribution in [2.45, 2.75) is 19.0 Å². The third-order valence-corrected chi connectivity index (χ3v) is 3.31. The number of hydrogen-bond donors (Lipinski definition) is 2. The van der Waals surface area contributed by atoms with Gasteiger partial charge in [-0.1, -0.05) is 6.07 Å². The first-order valence-corrected chi connectivity index (χ1v) is 5.98. The molecule has 1 saturated heterocycles. The molecule has 1 aromatic carbocycles. The summed E-state index contributed by atoms with van der Waals surface area (Å²) < 4.78 is 18.5. The number of nitrogens with one attached hydrogen (secondary N) is 1. The van der Waals surface area contributed by atoms with Crippen LogP contribution in [0.2, 0.25) is 0 Å². The SMILES string of the molecule is CN(Cc1ccc(F)cc1C(=N)N)C1CCOC1. The Kier molecular flexibility index (Phi) is 3.93. The molecule has 1 atom stereocenters. The van der Waals surface area contributed by atoms with Crippen LogP contribution >= 0.6 is 0 Å². The highest BCUT2D eigenvalue weighted by molar-refractivity contribution is 5.96. The summed E-state index contributed by atoms with van der Waals surface area (Å²) in [6.07, 6.45) is 1.01. The van der Waals surface area contributed by atoms with E-state index in [4.69, 9.17) is 15.9 Å². The fourth-order valence-electron chi connectivity index (χ4n) is 2.20. The molecule has 1 aromatic rings. The van der Waals surface area contributed by atoms with Crippen LogP contribution in [0.5, 0.6) is 0 Å². The zero-order chi connectivity index (χ0) is 13.1. The number of nitrogens with two attached hydrogens (primary N) is 1. The van der Waals surface area contributed by atoms with Gasteiger partial charge in [-0.3, -0.25) is 10.3 Å². The van der Waals surface area contributed by atoms with Crippen LogP contribution in [0.4, 0.5) is 4.39 Å². The lowest BCUT2D eigenvalue weighted by atomic mass is 10.1. The van der Waals surface area contributed by atoms with E-state index in [1.54, 1.807) is 6.07 Å². The van der Waals surface area contributed by atoms with E-state index in [1.807, 2.05) is 7.05 Å². The average Bonchev–Trinajstić information content (AvgIpc) is 2.84. The Morgan fingerprint density at radius 2 is 2.39 bits per heavy atom. The van der Waals surface area contributed by atoms with Crippen molar-refractivity contribution in [3.63, 3.8) is 0 Å². The van der Waals surface area contributed by atoms with Crippen molar-refractivity contribution in [2.24, 2.45) is 5.73 Å². The number of rotatable bonds is 4. The van der Waals surface area contributed by atoms with Crippen LogP contribution in [0.25, 0.3) is 0 Å². The second-order valence-electron chi connectivity index (χ2n) is 4.65. The maximum atomic E-state index is 13.2. The van der Waals surface area contributed by atoms with Crippen molar-refractivity contribution in [1.29, 1.82) is 5.41 Å². The van der Waals surface area contributed by atoms with Crippen LogP contribution in [0.1, 0.15) is 17.5 Å². The molecule has 3 N–H and O–H groups in total. The average molecular weight is 251 g/mol.